The predicted molar refractivity (Wildman–Crippen MR) is 58.2 cm³/mol. The summed E-state index contributed by atoms with van der Waals surface area (Å²) in [7, 11) is 0. The fourth-order valence-electron chi connectivity index (χ4n) is 1.16. The van der Waals surface area contributed by atoms with E-state index in [1.165, 1.54) is 6.92 Å². The Balaban J connectivity index is 2.94. The van der Waals surface area contributed by atoms with E-state index in [1.54, 1.807) is 18.2 Å². The summed E-state index contributed by atoms with van der Waals surface area (Å²) >= 11 is 3.24. The van der Waals surface area contributed by atoms with Crippen LogP contribution in [0.3, 0.4) is 0 Å². The van der Waals surface area contributed by atoms with Crippen molar-refractivity contribution in [3.63, 3.8) is 0 Å². The summed E-state index contributed by atoms with van der Waals surface area (Å²) < 4.78 is 13.6. The normalized spacial score (nSPS) is 9.93. The molecular weight excluding hydrogens is 249 g/mol. The maximum Gasteiger partial charge on any atom is 0.221 e. The van der Waals surface area contributed by atoms with Crippen LogP contribution in [-0.4, -0.2) is 11.2 Å². The first-order valence-corrected chi connectivity index (χ1v) is 5.38. The molecule has 0 aliphatic rings. The molecule has 0 aromatic heterocycles. The van der Waals surface area contributed by atoms with Crippen LogP contribution in [0.2, 0.25) is 0 Å². The van der Waals surface area contributed by atoms with Crippen LogP contribution in [0, 0.1) is 5.82 Å². The molecule has 0 bridgehead atoms. The Bertz CT molecular complexity index is 341. The van der Waals surface area contributed by atoms with E-state index in [2.05, 4.69) is 21.2 Å². The van der Waals surface area contributed by atoms with E-state index in [0.717, 1.165) is 0 Å². The molecule has 1 aromatic rings. The summed E-state index contributed by atoms with van der Waals surface area (Å²) in [5.74, 6) is -0.609. The molecule has 1 rings (SSSR count). The Morgan fingerprint density at radius 3 is 2.86 bits per heavy atom. The van der Waals surface area contributed by atoms with E-state index < -0.39 is 0 Å². The maximum absolute atomic E-state index is 13.6. The van der Waals surface area contributed by atoms with E-state index in [9.17, 15) is 9.18 Å². The molecule has 1 amide bonds. The van der Waals surface area contributed by atoms with E-state index in [1.807, 2.05) is 0 Å². The number of anilines is 1. The molecule has 4 heteroatoms. The predicted octanol–water partition coefficient (Wildman–Crippen LogP) is 2.72. The second kappa shape index (κ2) is 5.10. The van der Waals surface area contributed by atoms with Crippen molar-refractivity contribution in [3.05, 3.63) is 29.6 Å². The number of hydrogen-bond donors (Lipinski definition) is 1. The molecular formula is C10H11BrFNO. The largest absolute Gasteiger partial charge is 0.324 e. The number of hydrogen-bond acceptors (Lipinski definition) is 1. The summed E-state index contributed by atoms with van der Waals surface area (Å²) in [5.41, 5.74) is 0.851. The van der Waals surface area contributed by atoms with Crippen LogP contribution in [-0.2, 0) is 11.2 Å². The van der Waals surface area contributed by atoms with Gasteiger partial charge in [-0.25, -0.2) is 4.39 Å². The van der Waals surface area contributed by atoms with Crippen LogP contribution in [0.25, 0.3) is 0 Å². The number of alkyl halides is 1. The highest BCUT2D eigenvalue weighted by Gasteiger charge is 2.07. The first-order valence-electron chi connectivity index (χ1n) is 4.26. The minimum absolute atomic E-state index is 0.246. The van der Waals surface area contributed by atoms with Crippen molar-refractivity contribution in [3.8, 4) is 0 Å². The zero-order valence-corrected chi connectivity index (χ0v) is 9.40. The summed E-state index contributed by atoms with van der Waals surface area (Å²) in [6, 6.07) is 4.99. The number of nitrogens with one attached hydrogen (secondary N) is 1. The number of amides is 1. The average molecular weight is 260 g/mol. The zero-order valence-electron chi connectivity index (χ0n) is 7.81. The highest BCUT2D eigenvalue weighted by atomic mass is 79.9. The quantitative estimate of drug-likeness (QED) is 0.832. The number of benzene rings is 1. The Kier molecular flexibility index (Phi) is 4.07. The smallest absolute Gasteiger partial charge is 0.221 e. The van der Waals surface area contributed by atoms with Crippen LogP contribution in [0.15, 0.2) is 18.2 Å². The van der Waals surface area contributed by atoms with Gasteiger partial charge in [-0.05, 0) is 18.1 Å². The molecule has 0 aliphatic heterocycles. The molecule has 76 valence electrons. The average Bonchev–Trinajstić information content (AvgIpc) is 2.11. The Morgan fingerprint density at radius 1 is 1.57 bits per heavy atom. The lowest BCUT2D eigenvalue weighted by molar-refractivity contribution is -0.114. The van der Waals surface area contributed by atoms with E-state index >= 15 is 0 Å². The third-order valence-corrected chi connectivity index (χ3v) is 2.15. The molecule has 2 nitrogen and oxygen atoms in total. The lowest BCUT2D eigenvalue weighted by Crippen LogP contribution is -2.08. The van der Waals surface area contributed by atoms with Gasteiger partial charge in [-0.15, -0.1) is 0 Å². The van der Waals surface area contributed by atoms with Crippen molar-refractivity contribution < 1.29 is 9.18 Å². The topological polar surface area (TPSA) is 29.1 Å². The molecule has 14 heavy (non-hydrogen) atoms. The van der Waals surface area contributed by atoms with E-state index in [-0.39, 0.29) is 17.4 Å². The van der Waals surface area contributed by atoms with Crippen molar-refractivity contribution in [2.45, 2.75) is 13.3 Å². The summed E-state index contributed by atoms with van der Waals surface area (Å²) in [6.45, 7) is 1.36. The van der Waals surface area contributed by atoms with Crippen molar-refractivity contribution >= 4 is 27.5 Å². The molecule has 0 heterocycles. The van der Waals surface area contributed by atoms with E-state index in [4.69, 9.17) is 0 Å². The van der Waals surface area contributed by atoms with Gasteiger partial charge in [0.1, 0.15) is 5.82 Å². The van der Waals surface area contributed by atoms with Crippen LogP contribution in [0.1, 0.15) is 12.5 Å². The molecule has 0 saturated heterocycles. The van der Waals surface area contributed by atoms with Gasteiger partial charge in [-0.2, -0.15) is 0 Å². The lowest BCUT2D eigenvalue weighted by atomic mass is 10.1. The second-order valence-electron chi connectivity index (χ2n) is 2.90. The Labute approximate surface area is 90.6 Å². The fourth-order valence-corrected chi connectivity index (χ4v) is 1.59. The highest BCUT2D eigenvalue weighted by Crippen LogP contribution is 2.18. The molecule has 0 fully saturated rings. The fraction of sp³-hybridized carbons (Fsp3) is 0.300. The van der Waals surface area contributed by atoms with Gasteiger partial charge in [0.25, 0.3) is 0 Å². The molecule has 0 atom stereocenters. The monoisotopic (exact) mass is 259 g/mol. The number of halogens is 2. The molecule has 0 aliphatic carbocycles. The minimum atomic E-state index is -0.345. The second-order valence-corrected chi connectivity index (χ2v) is 3.69. The molecule has 1 aromatic carbocycles. The first kappa shape index (κ1) is 11.2. The van der Waals surface area contributed by atoms with Gasteiger partial charge in [0.15, 0.2) is 0 Å². The van der Waals surface area contributed by atoms with Crippen molar-refractivity contribution in [1.82, 2.24) is 0 Å². The summed E-state index contributed by atoms with van der Waals surface area (Å²) in [6.07, 6.45) is 0.610. The number of aryl methyl sites for hydroxylation is 1. The van der Waals surface area contributed by atoms with Crippen LogP contribution >= 0.6 is 15.9 Å². The lowest BCUT2D eigenvalue weighted by Gasteiger charge is -2.07. The minimum Gasteiger partial charge on any atom is -0.324 e. The first-order chi connectivity index (χ1) is 6.65. The summed E-state index contributed by atoms with van der Waals surface area (Å²) in [5, 5.41) is 3.14. The maximum atomic E-state index is 13.6. The van der Waals surface area contributed by atoms with Gasteiger partial charge < -0.3 is 5.32 Å². The molecule has 0 spiro atoms. The molecule has 0 unspecified atom stereocenters. The molecule has 0 saturated carbocycles. The number of carbonyl (C=O) groups excluding carboxylic acids is 1. The Morgan fingerprint density at radius 2 is 2.29 bits per heavy atom. The van der Waals surface area contributed by atoms with Gasteiger partial charge in [0.05, 0.1) is 5.69 Å². The standard InChI is InChI=1S/C10H11BrFNO/c1-7(14)13-9-4-2-3-8(5-6-11)10(9)12/h2-4H,5-6H2,1H3,(H,13,14). The van der Waals surface area contributed by atoms with Gasteiger partial charge in [0, 0.05) is 12.3 Å². The van der Waals surface area contributed by atoms with Gasteiger partial charge >= 0.3 is 0 Å². The van der Waals surface area contributed by atoms with Crippen LogP contribution < -0.4 is 5.32 Å². The van der Waals surface area contributed by atoms with Crippen molar-refractivity contribution in [1.29, 1.82) is 0 Å². The summed E-state index contributed by atoms with van der Waals surface area (Å²) in [4.78, 5) is 10.7. The third kappa shape index (κ3) is 2.80. The zero-order chi connectivity index (χ0) is 10.6. The highest BCUT2D eigenvalue weighted by molar-refractivity contribution is 9.09. The van der Waals surface area contributed by atoms with Crippen LogP contribution in [0.5, 0.6) is 0 Å². The van der Waals surface area contributed by atoms with Crippen molar-refractivity contribution in [2.75, 3.05) is 10.6 Å². The van der Waals surface area contributed by atoms with Gasteiger partial charge in [-0.3, -0.25) is 4.79 Å². The SMILES string of the molecule is CC(=O)Nc1cccc(CCBr)c1F. The number of rotatable bonds is 3. The Hall–Kier alpha value is -0.900. The third-order valence-electron chi connectivity index (χ3n) is 1.75. The molecule has 1 N–H and O–H groups in total. The number of carbonyl (C=O) groups is 1. The van der Waals surface area contributed by atoms with Crippen LogP contribution in [0.4, 0.5) is 10.1 Å². The molecule has 0 radical (unpaired) electrons. The van der Waals surface area contributed by atoms with Crippen molar-refractivity contribution in [2.24, 2.45) is 0 Å². The van der Waals surface area contributed by atoms with Gasteiger partial charge in [-0.1, -0.05) is 28.1 Å². The van der Waals surface area contributed by atoms with E-state index in [0.29, 0.717) is 17.3 Å². The van der Waals surface area contributed by atoms with Gasteiger partial charge in [0.2, 0.25) is 5.91 Å².